The lowest BCUT2D eigenvalue weighted by atomic mass is 9.98. The summed E-state index contributed by atoms with van der Waals surface area (Å²) in [7, 11) is 0. The summed E-state index contributed by atoms with van der Waals surface area (Å²) in [5, 5.41) is 21.2. The molecule has 1 unspecified atom stereocenters. The zero-order valence-corrected chi connectivity index (χ0v) is 8.61. The molecule has 1 fully saturated rings. The SMILES string of the molecule is CC1(O)CCCN(CC(N)=NO)CC1. The topological polar surface area (TPSA) is 82.1 Å². The lowest BCUT2D eigenvalue weighted by Crippen LogP contribution is -2.35. The lowest BCUT2D eigenvalue weighted by molar-refractivity contribution is 0.0451. The standard InChI is InChI=1S/C9H19N3O2/c1-9(13)3-2-5-12(6-4-9)7-8(10)11-14/h13-14H,2-7H2,1H3,(H2,10,11). The quantitative estimate of drug-likeness (QED) is 0.253. The Kier molecular flexibility index (Phi) is 3.71. The van der Waals surface area contributed by atoms with Crippen molar-refractivity contribution in [2.24, 2.45) is 10.9 Å². The molecule has 1 heterocycles. The van der Waals surface area contributed by atoms with Crippen LogP contribution in [0.4, 0.5) is 0 Å². The fourth-order valence-corrected chi connectivity index (χ4v) is 1.74. The van der Waals surface area contributed by atoms with Gasteiger partial charge in [-0.15, -0.1) is 0 Å². The third-order valence-corrected chi connectivity index (χ3v) is 2.67. The maximum absolute atomic E-state index is 9.83. The van der Waals surface area contributed by atoms with Gasteiger partial charge in [-0.1, -0.05) is 5.16 Å². The van der Waals surface area contributed by atoms with Gasteiger partial charge in [0, 0.05) is 6.54 Å². The highest BCUT2D eigenvalue weighted by molar-refractivity contribution is 5.81. The molecule has 0 spiro atoms. The number of amidine groups is 1. The molecular formula is C9H19N3O2. The molecule has 4 N–H and O–H groups in total. The van der Waals surface area contributed by atoms with E-state index in [2.05, 4.69) is 10.1 Å². The monoisotopic (exact) mass is 201 g/mol. The van der Waals surface area contributed by atoms with Crippen molar-refractivity contribution in [3.63, 3.8) is 0 Å². The molecule has 1 rings (SSSR count). The summed E-state index contributed by atoms with van der Waals surface area (Å²) in [6, 6.07) is 0. The Morgan fingerprint density at radius 2 is 2.21 bits per heavy atom. The Hall–Kier alpha value is -0.810. The molecule has 82 valence electrons. The van der Waals surface area contributed by atoms with Gasteiger partial charge in [-0.25, -0.2) is 0 Å². The summed E-state index contributed by atoms with van der Waals surface area (Å²) >= 11 is 0. The van der Waals surface area contributed by atoms with Crippen molar-refractivity contribution >= 4 is 5.84 Å². The van der Waals surface area contributed by atoms with Gasteiger partial charge in [-0.3, -0.25) is 4.90 Å². The highest BCUT2D eigenvalue weighted by atomic mass is 16.4. The first-order chi connectivity index (χ1) is 6.53. The van der Waals surface area contributed by atoms with Crippen LogP contribution in [0.5, 0.6) is 0 Å². The number of hydrogen-bond acceptors (Lipinski definition) is 4. The molecule has 0 saturated carbocycles. The first kappa shape index (κ1) is 11.3. The summed E-state index contributed by atoms with van der Waals surface area (Å²) in [5.74, 6) is 0.228. The summed E-state index contributed by atoms with van der Waals surface area (Å²) in [6.45, 7) is 4.03. The van der Waals surface area contributed by atoms with Crippen molar-refractivity contribution in [1.29, 1.82) is 0 Å². The van der Waals surface area contributed by atoms with Crippen LogP contribution in [0.25, 0.3) is 0 Å². The fraction of sp³-hybridized carbons (Fsp3) is 0.889. The van der Waals surface area contributed by atoms with Crippen molar-refractivity contribution in [1.82, 2.24) is 4.90 Å². The van der Waals surface area contributed by atoms with Crippen molar-refractivity contribution in [2.45, 2.75) is 31.8 Å². The van der Waals surface area contributed by atoms with Crippen molar-refractivity contribution in [3.05, 3.63) is 0 Å². The predicted octanol–water partition coefficient (Wildman–Crippen LogP) is -0.0303. The van der Waals surface area contributed by atoms with E-state index in [-0.39, 0.29) is 5.84 Å². The number of hydrogen-bond donors (Lipinski definition) is 3. The highest BCUT2D eigenvalue weighted by Crippen LogP contribution is 2.20. The van der Waals surface area contributed by atoms with Crippen molar-refractivity contribution in [2.75, 3.05) is 19.6 Å². The van der Waals surface area contributed by atoms with Gasteiger partial charge in [0.15, 0.2) is 5.84 Å². The third-order valence-electron chi connectivity index (χ3n) is 2.67. The summed E-state index contributed by atoms with van der Waals surface area (Å²) in [6.07, 6.45) is 2.51. The molecule has 1 aliphatic heterocycles. The van der Waals surface area contributed by atoms with E-state index in [1.165, 1.54) is 0 Å². The van der Waals surface area contributed by atoms with Gasteiger partial charge in [0.05, 0.1) is 12.1 Å². The smallest absolute Gasteiger partial charge is 0.153 e. The van der Waals surface area contributed by atoms with Gasteiger partial charge in [-0.2, -0.15) is 0 Å². The molecular weight excluding hydrogens is 182 g/mol. The molecule has 1 saturated heterocycles. The molecule has 1 aliphatic rings. The van der Waals surface area contributed by atoms with Crippen molar-refractivity contribution in [3.8, 4) is 0 Å². The maximum atomic E-state index is 9.83. The van der Waals surface area contributed by atoms with E-state index >= 15 is 0 Å². The number of oxime groups is 1. The Balaban J connectivity index is 2.42. The largest absolute Gasteiger partial charge is 0.409 e. The van der Waals surface area contributed by atoms with E-state index in [0.717, 1.165) is 32.4 Å². The Labute approximate surface area is 84.2 Å². The number of nitrogens with two attached hydrogens (primary N) is 1. The van der Waals surface area contributed by atoms with Crippen LogP contribution >= 0.6 is 0 Å². The van der Waals surface area contributed by atoms with Crippen LogP contribution in [0, 0.1) is 0 Å². The first-order valence-electron chi connectivity index (χ1n) is 4.95. The van der Waals surface area contributed by atoms with Crippen LogP contribution in [-0.4, -0.2) is 46.3 Å². The van der Waals surface area contributed by atoms with Crippen molar-refractivity contribution < 1.29 is 10.3 Å². The normalized spacial score (nSPS) is 31.4. The molecule has 0 bridgehead atoms. The molecule has 1 atom stereocenters. The van der Waals surface area contributed by atoms with Gasteiger partial charge in [0.2, 0.25) is 0 Å². The molecule has 14 heavy (non-hydrogen) atoms. The molecule has 0 radical (unpaired) electrons. The lowest BCUT2D eigenvalue weighted by Gasteiger charge is -2.21. The van der Waals surface area contributed by atoms with Gasteiger partial charge in [-0.05, 0) is 32.7 Å². The molecule has 0 amide bonds. The van der Waals surface area contributed by atoms with E-state index in [4.69, 9.17) is 10.9 Å². The summed E-state index contributed by atoms with van der Waals surface area (Å²) in [5.41, 5.74) is 4.86. The van der Waals surface area contributed by atoms with Crippen LogP contribution in [0.3, 0.4) is 0 Å². The Morgan fingerprint density at radius 3 is 2.86 bits per heavy atom. The second-order valence-corrected chi connectivity index (χ2v) is 4.22. The highest BCUT2D eigenvalue weighted by Gasteiger charge is 2.24. The minimum atomic E-state index is -0.556. The van der Waals surface area contributed by atoms with E-state index in [1.807, 2.05) is 6.92 Å². The maximum Gasteiger partial charge on any atom is 0.153 e. The predicted molar refractivity (Wildman–Crippen MR) is 54.3 cm³/mol. The van der Waals surface area contributed by atoms with Crippen LogP contribution in [0.1, 0.15) is 26.2 Å². The van der Waals surface area contributed by atoms with Gasteiger partial charge in [0.1, 0.15) is 0 Å². The van der Waals surface area contributed by atoms with Gasteiger partial charge >= 0.3 is 0 Å². The molecule has 5 heteroatoms. The number of aliphatic hydroxyl groups is 1. The second-order valence-electron chi connectivity index (χ2n) is 4.22. The zero-order chi connectivity index (χ0) is 10.6. The Morgan fingerprint density at radius 1 is 1.50 bits per heavy atom. The zero-order valence-electron chi connectivity index (χ0n) is 8.61. The molecule has 0 aromatic carbocycles. The number of rotatable bonds is 2. The molecule has 5 nitrogen and oxygen atoms in total. The van der Waals surface area contributed by atoms with Crippen LogP contribution in [-0.2, 0) is 0 Å². The van der Waals surface area contributed by atoms with Gasteiger partial charge in [0.25, 0.3) is 0 Å². The molecule has 0 aromatic rings. The molecule has 0 aromatic heterocycles. The van der Waals surface area contributed by atoms with E-state index in [1.54, 1.807) is 0 Å². The average molecular weight is 201 g/mol. The van der Waals surface area contributed by atoms with Crippen LogP contribution < -0.4 is 5.73 Å². The molecule has 0 aliphatic carbocycles. The first-order valence-corrected chi connectivity index (χ1v) is 4.95. The second kappa shape index (κ2) is 4.61. The summed E-state index contributed by atoms with van der Waals surface area (Å²) in [4.78, 5) is 2.09. The van der Waals surface area contributed by atoms with Crippen LogP contribution in [0.15, 0.2) is 5.16 Å². The minimum absolute atomic E-state index is 0.228. The number of nitrogens with zero attached hydrogens (tertiary/aromatic N) is 2. The van der Waals surface area contributed by atoms with Crippen LogP contribution in [0.2, 0.25) is 0 Å². The fourth-order valence-electron chi connectivity index (χ4n) is 1.74. The third kappa shape index (κ3) is 3.51. The van der Waals surface area contributed by atoms with E-state index in [0.29, 0.717) is 6.54 Å². The minimum Gasteiger partial charge on any atom is -0.409 e. The number of likely N-dealkylation sites (tertiary alicyclic amines) is 1. The van der Waals surface area contributed by atoms with Gasteiger partial charge < -0.3 is 16.0 Å². The average Bonchev–Trinajstić information content (AvgIpc) is 2.28. The Bertz CT molecular complexity index is 216. The van der Waals surface area contributed by atoms with E-state index in [9.17, 15) is 5.11 Å². The summed E-state index contributed by atoms with van der Waals surface area (Å²) < 4.78 is 0. The van der Waals surface area contributed by atoms with E-state index < -0.39 is 5.60 Å².